The van der Waals surface area contributed by atoms with Gasteiger partial charge in [0.15, 0.2) is 0 Å². The Kier molecular flexibility index (Phi) is 3.80. The summed E-state index contributed by atoms with van der Waals surface area (Å²) in [6, 6.07) is 2.29. The normalized spacial score (nSPS) is 21.1. The lowest BCUT2D eigenvalue weighted by molar-refractivity contribution is -0.0962. The van der Waals surface area contributed by atoms with Crippen LogP contribution in [-0.2, 0) is 29.8 Å². The number of piperidine rings is 1. The Morgan fingerprint density at radius 2 is 2.23 bits per heavy atom. The molecule has 0 unspecified atom stereocenters. The maximum atomic E-state index is 6.29. The van der Waals surface area contributed by atoms with E-state index in [1.165, 1.54) is 16.1 Å². The average molecular weight is 317 g/mol. The summed E-state index contributed by atoms with van der Waals surface area (Å²) in [6.45, 7) is 7.26. The number of nitrogens with zero attached hydrogens (tertiary/aromatic N) is 3. The fourth-order valence-electron chi connectivity index (χ4n) is 3.79. The number of aromatic nitrogens is 2. The Balaban J connectivity index is 1.45. The summed E-state index contributed by atoms with van der Waals surface area (Å²) in [6.07, 6.45) is 7.24. The van der Waals surface area contributed by atoms with Crippen LogP contribution in [-0.4, -0.2) is 34.1 Å². The Morgan fingerprint density at radius 3 is 3.05 bits per heavy atom. The Labute approximate surface area is 135 Å². The zero-order valence-corrected chi connectivity index (χ0v) is 13.9. The summed E-state index contributed by atoms with van der Waals surface area (Å²) in [5.74, 6) is 0. The van der Waals surface area contributed by atoms with Crippen molar-refractivity contribution in [1.29, 1.82) is 0 Å². The molecule has 0 aromatic carbocycles. The average Bonchev–Trinajstić information content (AvgIpc) is 3.19. The van der Waals surface area contributed by atoms with Gasteiger partial charge in [0, 0.05) is 37.3 Å². The van der Waals surface area contributed by atoms with Gasteiger partial charge in [-0.05, 0) is 43.2 Å². The Hall–Kier alpha value is -1.17. The molecule has 1 spiro atoms. The minimum Gasteiger partial charge on any atom is -0.369 e. The monoisotopic (exact) mass is 317 g/mol. The highest BCUT2D eigenvalue weighted by Crippen LogP contribution is 2.44. The fraction of sp³-hybridized carbons (Fsp3) is 0.588. The number of thiophene rings is 1. The van der Waals surface area contributed by atoms with Gasteiger partial charge in [-0.2, -0.15) is 0 Å². The van der Waals surface area contributed by atoms with Crippen molar-refractivity contribution in [1.82, 2.24) is 14.5 Å². The third-order valence-corrected chi connectivity index (χ3v) is 6.24. The molecule has 0 N–H and O–H groups in total. The van der Waals surface area contributed by atoms with Crippen molar-refractivity contribution in [3.05, 3.63) is 40.1 Å². The van der Waals surface area contributed by atoms with Gasteiger partial charge in [-0.3, -0.25) is 4.90 Å². The first-order valence-electron chi connectivity index (χ1n) is 8.23. The summed E-state index contributed by atoms with van der Waals surface area (Å²) in [7, 11) is 0. The van der Waals surface area contributed by atoms with Crippen molar-refractivity contribution in [2.75, 3.05) is 19.7 Å². The number of hydrogen-bond donors (Lipinski definition) is 0. The van der Waals surface area contributed by atoms with E-state index in [4.69, 9.17) is 4.74 Å². The van der Waals surface area contributed by atoms with Crippen molar-refractivity contribution >= 4 is 11.3 Å². The number of fused-ring (bicyclic) bond motifs is 2. The van der Waals surface area contributed by atoms with E-state index in [-0.39, 0.29) is 5.60 Å². The van der Waals surface area contributed by atoms with E-state index >= 15 is 0 Å². The number of likely N-dealkylation sites (tertiary alicyclic amines) is 1. The third-order valence-electron chi connectivity index (χ3n) is 5.10. The molecule has 0 radical (unpaired) electrons. The Bertz CT molecular complexity index is 640. The zero-order valence-electron chi connectivity index (χ0n) is 13.1. The lowest BCUT2D eigenvalue weighted by Crippen LogP contribution is -2.45. The molecule has 4 nitrogen and oxygen atoms in total. The minimum atomic E-state index is 0.00322. The van der Waals surface area contributed by atoms with Crippen molar-refractivity contribution < 1.29 is 4.74 Å². The van der Waals surface area contributed by atoms with Gasteiger partial charge in [-0.25, -0.2) is 4.98 Å². The molecule has 1 saturated heterocycles. The third kappa shape index (κ3) is 2.41. The lowest BCUT2D eigenvalue weighted by atomic mass is 9.85. The summed E-state index contributed by atoms with van der Waals surface area (Å²) in [4.78, 5) is 8.32. The molecular formula is C17H23N3OS. The van der Waals surface area contributed by atoms with Crippen LogP contribution in [0.15, 0.2) is 24.0 Å². The van der Waals surface area contributed by atoms with E-state index in [0.29, 0.717) is 0 Å². The molecule has 22 heavy (non-hydrogen) atoms. The van der Waals surface area contributed by atoms with Gasteiger partial charge in [0.25, 0.3) is 0 Å². The van der Waals surface area contributed by atoms with Gasteiger partial charge < -0.3 is 9.30 Å². The maximum Gasteiger partial charge on any atom is 0.105 e. The second-order valence-corrected chi connectivity index (χ2v) is 7.23. The van der Waals surface area contributed by atoms with Gasteiger partial charge in [0.2, 0.25) is 0 Å². The molecule has 2 aromatic heterocycles. The van der Waals surface area contributed by atoms with Gasteiger partial charge in [0.1, 0.15) is 5.60 Å². The molecule has 5 heteroatoms. The molecule has 2 aliphatic rings. The molecule has 0 atom stereocenters. The summed E-state index contributed by atoms with van der Waals surface area (Å²) < 4.78 is 8.52. The van der Waals surface area contributed by atoms with Crippen molar-refractivity contribution in [3.8, 4) is 0 Å². The van der Waals surface area contributed by atoms with Crippen LogP contribution in [0.2, 0.25) is 0 Å². The quantitative estimate of drug-likeness (QED) is 0.872. The minimum absolute atomic E-state index is 0.00322. The summed E-state index contributed by atoms with van der Waals surface area (Å²) in [5, 5.41) is 2.23. The van der Waals surface area contributed by atoms with Crippen LogP contribution in [0.25, 0.3) is 0 Å². The smallest absolute Gasteiger partial charge is 0.105 e. The zero-order chi connectivity index (χ0) is 15.0. The number of rotatable bonds is 3. The number of ether oxygens (including phenoxy) is 1. The fourth-order valence-corrected chi connectivity index (χ4v) is 4.96. The predicted molar refractivity (Wildman–Crippen MR) is 88.1 cm³/mol. The van der Waals surface area contributed by atoms with Crippen molar-refractivity contribution in [2.24, 2.45) is 0 Å². The van der Waals surface area contributed by atoms with Crippen LogP contribution in [0.1, 0.15) is 35.9 Å². The second-order valence-electron chi connectivity index (χ2n) is 6.31. The topological polar surface area (TPSA) is 30.3 Å². The molecule has 2 aromatic rings. The molecule has 0 amide bonds. The van der Waals surface area contributed by atoms with Crippen LogP contribution in [0.3, 0.4) is 0 Å². The predicted octanol–water partition coefficient (Wildman–Crippen LogP) is 3.03. The summed E-state index contributed by atoms with van der Waals surface area (Å²) >= 11 is 1.89. The number of hydrogen-bond acceptors (Lipinski definition) is 4. The summed E-state index contributed by atoms with van der Waals surface area (Å²) in [5.41, 5.74) is 2.84. The van der Waals surface area contributed by atoms with Gasteiger partial charge in [-0.1, -0.05) is 0 Å². The van der Waals surface area contributed by atoms with Gasteiger partial charge in [0.05, 0.1) is 18.6 Å². The first-order chi connectivity index (χ1) is 10.8. The molecule has 1 fully saturated rings. The van der Waals surface area contributed by atoms with E-state index in [0.717, 1.165) is 52.0 Å². The number of aryl methyl sites for hydroxylation is 1. The molecule has 118 valence electrons. The molecule has 0 saturated carbocycles. The highest BCUT2D eigenvalue weighted by atomic mass is 32.1. The van der Waals surface area contributed by atoms with Crippen LogP contribution in [0, 0.1) is 0 Å². The highest BCUT2D eigenvalue weighted by Gasteiger charge is 2.41. The molecular weight excluding hydrogens is 294 g/mol. The van der Waals surface area contributed by atoms with Crippen molar-refractivity contribution in [2.45, 2.75) is 44.9 Å². The van der Waals surface area contributed by atoms with E-state index < -0.39 is 0 Å². The largest absolute Gasteiger partial charge is 0.369 e. The standard InChI is InChI=1S/C17H23N3OS/c1-2-20-13-18-11-15(20)12-19-7-5-17(6-8-19)16-14(3-9-21-17)4-10-22-16/h4,10-11,13H,2-3,5-9,12H2,1H3. The highest BCUT2D eigenvalue weighted by molar-refractivity contribution is 7.10. The SMILES string of the molecule is CCn1cncc1CN1CCC2(CC1)OCCc1ccsc12. The van der Waals surface area contributed by atoms with Crippen LogP contribution >= 0.6 is 11.3 Å². The lowest BCUT2D eigenvalue weighted by Gasteiger charge is -2.43. The molecule has 0 aliphatic carbocycles. The first-order valence-corrected chi connectivity index (χ1v) is 9.11. The first kappa shape index (κ1) is 14.4. The molecule has 4 rings (SSSR count). The van der Waals surface area contributed by atoms with E-state index in [2.05, 4.69) is 32.8 Å². The Morgan fingerprint density at radius 1 is 1.36 bits per heavy atom. The molecule has 2 aliphatic heterocycles. The van der Waals surface area contributed by atoms with Crippen LogP contribution in [0.5, 0.6) is 0 Å². The molecule has 4 heterocycles. The molecule has 0 bridgehead atoms. The van der Waals surface area contributed by atoms with Crippen LogP contribution < -0.4 is 0 Å². The van der Waals surface area contributed by atoms with Crippen LogP contribution in [0.4, 0.5) is 0 Å². The number of imidazole rings is 1. The van der Waals surface area contributed by atoms with Gasteiger partial charge in [-0.15, -0.1) is 11.3 Å². The van der Waals surface area contributed by atoms with Gasteiger partial charge >= 0.3 is 0 Å². The second kappa shape index (κ2) is 5.80. The van der Waals surface area contributed by atoms with E-state index in [9.17, 15) is 0 Å². The van der Waals surface area contributed by atoms with E-state index in [1.807, 2.05) is 23.9 Å². The van der Waals surface area contributed by atoms with Crippen molar-refractivity contribution in [3.63, 3.8) is 0 Å². The maximum absolute atomic E-state index is 6.29. The van der Waals surface area contributed by atoms with E-state index in [1.54, 1.807) is 0 Å².